The van der Waals surface area contributed by atoms with Gasteiger partial charge < -0.3 is 10.0 Å². The Kier molecular flexibility index (Phi) is 6.58. The number of piperazine rings is 1. The molecule has 1 aliphatic carbocycles. The van der Waals surface area contributed by atoms with E-state index in [0.717, 1.165) is 44.4 Å². The van der Waals surface area contributed by atoms with E-state index in [2.05, 4.69) is 28.5 Å². The molecule has 4 nitrogen and oxygen atoms in total. The zero-order valence-electron chi connectivity index (χ0n) is 16.1. The molecular weight excluding hydrogens is 298 g/mol. The fourth-order valence-corrected chi connectivity index (χ4v) is 4.98. The van der Waals surface area contributed by atoms with Crippen LogP contribution in [0.4, 0.5) is 0 Å². The quantitative estimate of drug-likeness (QED) is 0.834. The molecule has 0 aromatic carbocycles. The minimum Gasteiger partial charge on any atom is -0.389 e. The van der Waals surface area contributed by atoms with Crippen molar-refractivity contribution in [1.82, 2.24) is 14.7 Å². The third-order valence-corrected chi connectivity index (χ3v) is 6.74. The molecule has 140 valence electrons. The molecule has 0 amide bonds. The van der Waals surface area contributed by atoms with E-state index in [1.165, 1.54) is 64.8 Å². The second-order valence-corrected chi connectivity index (χ2v) is 8.79. The lowest BCUT2D eigenvalue weighted by Gasteiger charge is -2.45. The standard InChI is InChI=1S/C20H39N3O/c1-3-10-21-11-6-19(7-12-21)23-15-13-22(14-16-23)17-20(24)8-4-18(2)5-9-20/h18-19,24H,3-17H2,1-2H3. The Morgan fingerprint density at radius 3 is 2.08 bits per heavy atom. The molecule has 24 heavy (non-hydrogen) atoms. The van der Waals surface area contributed by atoms with Gasteiger partial charge in [-0.15, -0.1) is 0 Å². The molecule has 3 rings (SSSR count). The molecule has 0 spiro atoms. The van der Waals surface area contributed by atoms with Gasteiger partial charge in [-0.1, -0.05) is 13.8 Å². The number of aliphatic hydroxyl groups is 1. The average molecular weight is 338 g/mol. The van der Waals surface area contributed by atoms with E-state index in [1.54, 1.807) is 0 Å². The highest BCUT2D eigenvalue weighted by Crippen LogP contribution is 2.32. The fraction of sp³-hybridized carbons (Fsp3) is 1.00. The van der Waals surface area contributed by atoms with E-state index in [1.807, 2.05) is 0 Å². The highest BCUT2D eigenvalue weighted by atomic mass is 16.3. The van der Waals surface area contributed by atoms with Crippen LogP contribution in [0.25, 0.3) is 0 Å². The highest BCUT2D eigenvalue weighted by molar-refractivity contribution is 4.90. The van der Waals surface area contributed by atoms with Crippen molar-refractivity contribution in [3.8, 4) is 0 Å². The molecule has 2 saturated heterocycles. The maximum absolute atomic E-state index is 10.9. The Labute approximate surface area is 149 Å². The summed E-state index contributed by atoms with van der Waals surface area (Å²) in [6.45, 7) is 14.1. The summed E-state index contributed by atoms with van der Waals surface area (Å²) in [6, 6.07) is 0.805. The van der Waals surface area contributed by atoms with Crippen molar-refractivity contribution >= 4 is 0 Å². The predicted molar refractivity (Wildman–Crippen MR) is 100 cm³/mol. The molecule has 1 N–H and O–H groups in total. The lowest BCUT2D eigenvalue weighted by molar-refractivity contribution is -0.0474. The lowest BCUT2D eigenvalue weighted by atomic mass is 9.79. The average Bonchev–Trinajstić information content (AvgIpc) is 2.60. The van der Waals surface area contributed by atoms with Crippen molar-refractivity contribution in [1.29, 1.82) is 0 Å². The summed E-state index contributed by atoms with van der Waals surface area (Å²) in [7, 11) is 0. The fourth-order valence-electron chi connectivity index (χ4n) is 4.98. The van der Waals surface area contributed by atoms with Gasteiger partial charge in [0.25, 0.3) is 0 Å². The number of likely N-dealkylation sites (tertiary alicyclic amines) is 1. The molecule has 2 heterocycles. The number of hydrogen-bond donors (Lipinski definition) is 1. The first-order valence-corrected chi connectivity index (χ1v) is 10.5. The summed E-state index contributed by atoms with van der Waals surface area (Å²) in [4.78, 5) is 7.89. The van der Waals surface area contributed by atoms with Gasteiger partial charge in [-0.2, -0.15) is 0 Å². The number of nitrogens with zero attached hydrogens (tertiary/aromatic N) is 3. The van der Waals surface area contributed by atoms with Gasteiger partial charge in [0.1, 0.15) is 0 Å². The van der Waals surface area contributed by atoms with E-state index in [-0.39, 0.29) is 0 Å². The van der Waals surface area contributed by atoms with E-state index < -0.39 is 5.60 Å². The van der Waals surface area contributed by atoms with Crippen LogP contribution >= 0.6 is 0 Å². The zero-order chi connectivity index (χ0) is 17.0. The van der Waals surface area contributed by atoms with Crippen LogP contribution in [0, 0.1) is 5.92 Å². The van der Waals surface area contributed by atoms with E-state index in [4.69, 9.17) is 0 Å². The van der Waals surface area contributed by atoms with Crippen molar-refractivity contribution in [2.45, 2.75) is 70.4 Å². The van der Waals surface area contributed by atoms with Gasteiger partial charge in [-0.25, -0.2) is 0 Å². The molecular formula is C20H39N3O. The second-order valence-electron chi connectivity index (χ2n) is 8.79. The van der Waals surface area contributed by atoms with Crippen molar-refractivity contribution in [3.05, 3.63) is 0 Å². The van der Waals surface area contributed by atoms with Crippen molar-refractivity contribution in [2.75, 3.05) is 52.4 Å². The Bertz CT molecular complexity index is 365. The molecule has 0 atom stereocenters. The molecule has 2 aliphatic heterocycles. The predicted octanol–water partition coefficient (Wildman–Crippen LogP) is 2.42. The molecule has 0 radical (unpaired) electrons. The summed E-state index contributed by atoms with van der Waals surface area (Å²) in [6.07, 6.45) is 8.39. The third-order valence-electron chi connectivity index (χ3n) is 6.74. The summed E-state index contributed by atoms with van der Waals surface area (Å²) < 4.78 is 0. The molecule has 4 heteroatoms. The van der Waals surface area contributed by atoms with Gasteiger partial charge in [0.15, 0.2) is 0 Å². The minimum atomic E-state index is -0.403. The van der Waals surface area contributed by atoms with Crippen LogP contribution in [0.3, 0.4) is 0 Å². The molecule has 3 aliphatic rings. The minimum absolute atomic E-state index is 0.403. The van der Waals surface area contributed by atoms with Crippen molar-refractivity contribution in [3.63, 3.8) is 0 Å². The Hall–Kier alpha value is -0.160. The van der Waals surface area contributed by atoms with Crippen LogP contribution < -0.4 is 0 Å². The van der Waals surface area contributed by atoms with Gasteiger partial charge >= 0.3 is 0 Å². The highest BCUT2D eigenvalue weighted by Gasteiger charge is 2.35. The third kappa shape index (κ3) is 4.94. The van der Waals surface area contributed by atoms with Gasteiger partial charge in [0.05, 0.1) is 5.60 Å². The summed E-state index contributed by atoms with van der Waals surface area (Å²) in [5.74, 6) is 0.806. The first-order valence-electron chi connectivity index (χ1n) is 10.5. The molecule has 0 aromatic heterocycles. The van der Waals surface area contributed by atoms with Gasteiger partial charge in [0.2, 0.25) is 0 Å². The van der Waals surface area contributed by atoms with E-state index in [0.29, 0.717) is 0 Å². The maximum Gasteiger partial charge on any atom is 0.0774 e. The number of β-amino-alcohol motifs (C(OH)–C–C–N with tert-alkyl or cyclic N) is 1. The summed E-state index contributed by atoms with van der Waals surface area (Å²) in [5, 5.41) is 10.9. The normalized spacial score (nSPS) is 35.4. The Morgan fingerprint density at radius 2 is 1.50 bits per heavy atom. The second kappa shape index (κ2) is 8.48. The lowest BCUT2D eigenvalue weighted by Crippen LogP contribution is -2.56. The maximum atomic E-state index is 10.9. The Morgan fingerprint density at radius 1 is 0.875 bits per heavy atom. The summed E-state index contributed by atoms with van der Waals surface area (Å²) in [5.41, 5.74) is -0.403. The van der Waals surface area contributed by atoms with Crippen LogP contribution in [0.2, 0.25) is 0 Å². The molecule has 1 saturated carbocycles. The first kappa shape index (κ1) is 18.6. The molecule has 3 fully saturated rings. The largest absolute Gasteiger partial charge is 0.389 e. The summed E-state index contributed by atoms with van der Waals surface area (Å²) >= 11 is 0. The van der Waals surface area contributed by atoms with Crippen LogP contribution in [0.15, 0.2) is 0 Å². The van der Waals surface area contributed by atoms with E-state index in [9.17, 15) is 5.11 Å². The van der Waals surface area contributed by atoms with Crippen molar-refractivity contribution in [2.24, 2.45) is 5.92 Å². The molecule has 0 bridgehead atoms. The van der Waals surface area contributed by atoms with Crippen LogP contribution in [0.5, 0.6) is 0 Å². The number of rotatable bonds is 5. The molecule has 0 aromatic rings. The number of piperidine rings is 1. The van der Waals surface area contributed by atoms with Crippen LogP contribution in [-0.4, -0.2) is 83.8 Å². The van der Waals surface area contributed by atoms with Gasteiger partial charge in [-0.3, -0.25) is 9.80 Å². The molecule has 0 unspecified atom stereocenters. The van der Waals surface area contributed by atoms with Crippen molar-refractivity contribution < 1.29 is 5.11 Å². The smallest absolute Gasteiger partial charge is 0.0774 e. The van der Waals surface area contributed by atoms with Crippen LogP contribution in [0.1, 0.15) is 58.8 Å². The number of hydrogen-bond acceptors (Lipinski definition) is 4. The zero-order valence-corrected chi connectivity index (χ0v) is 16.1. The first-order chi connectivity index (χ1) is 11.6. The monoisotopic (exact) mass is 337 g/mol. The Balaban J connectivity index is 1.38. The van der Waals surface area contributed by atoms with Gasteiger partial charge in [-0.05, 0) is 70.5 Å². The van der Waals surface area contributed by atoms with Crippen LogP contribution in [-0.2, 0) is 0 Å². The van der Waals surface area contributed by atoms with Gasteiger partial charge in [0, 0.05) is 38.8 Å². The van der Waals surface area contributed by atoms with E-state index >= 15 is 0 Å². The SMILES string of the molecule is CCCN1CCC(N2CCN(CC3(O)CCC(C)CC3)CC2)CC1. The topological polar surface area (TPSA) is 30.0 Å².